The fourth-order valence-corrected chi connectivity index (χ4v) is 1.47. The van der Waals surface area contributed by atoms with E-state index in [0.29, 0.717) is 6.54 Å². The van der Waals surface area contributed by atoms with Crippen molar-refractivity contribution < 1.29 is 5.11 Å². The molecule has 1 aromatic carbocycles. The van der Waals surface area contributed by atoms with Gasteiger partial charge in [0.25, 0.3) is 0 Å². The van der Waals surface area contributed by atoms with Crippen molar-refractivity contribution >= 4 is 15.9 Å². The van der Waals surface area contributed by atoms with Crippen molar-refractivity contribution in [1.29, 1.82) is 0 Å². The quantitative estimate of drug-likeness (QED) is 0.874. The van der Waals surface area contributed by atoms with Crippen LogP contribution in [0.15, 0.2) is 28.7 Å². The molecule has 1 unspecified atom stereocenters. The molecule has 0 aromatic heterocycles. The zero-order valence-electron chi connectivity index (χ0n) is 8.50. The molecule has 3 heteroatoms. The summed E-state index contributed by atoms with van der Waals surface area (Å²) >= 11 is 3.36. The van der Waals surface area contributed by atoms with Crippen LogP contribution in [-0.4, -0.2) is 11.7 Å². The molecule has 3 N–H and O–H groups in total. The van der Waals surface area contributed by atoms with Crippen molar-refractivity contribution in [2.75, 3.05) is 6.54 Å². The Bertz CT molecular complexity index is 295. The summed E-state index contributed by atoms with van der Waals surface area (Å²) in [6, 6.07) is 7.66. The topological polar surface area (TPSA) is 46.2 Å². The molecule has 1 atom stereocenters. The molecule has 1 aromatic rings. The largest absolute Gasteiger partial charge is 0.388 e. The van der Waals surface area contributed by atoms with Crippen molar-refractivity contribution in [3.63, 3.8) is 0 Å². The summed E-state index contributed by atoms with van der Waals surface area (Å²) in [4.78, 5) is 0. The van der Waals surface area contributed by atoms with Crippen LogP contribution >= 0.6 is 15.9 Å². The van der Waals surface area contributed by atoms with E-state index in [-0.39, 0.29) is 5.41 Å². The van der Waals surface area contributed by atoms with Crippen molar-refractivity contribution in [3.8, 4) is 0 Å². The number of halogens is 1. The van der Waals surface area contributed by atoms with Gasteiger partial charge in [-0.3, -0.25) is 0 Å². The number of hydrogen-bond donors (Lipinski definition) is 2. The number of rotatable bonds is 3. The van der Waals surface area contributed by atoms with Crippen molar-refractivity contribution in [3.05, 3.63) is 34.3 Å². The van der Waals surface area contributed by atoms with Crippen LogP contribution in [0.5, 0.6) is 0 Å². The highest BCUT2D eigenvalue weighted by atomic mass is 79.9. The predicted octanol–water partition coefficient (Wildman–Crippen LogP) is 2.47. The minimum atomic E-state index is -0.513. The second-order valence-electron chi connectivity index (χ2n) is 4.15. The lowest BCUT2D eigenvalue weighted by Gasteiger charge is -2.29. The Labute approximate surface area is 93.3 Å². The van der Waals surface area contributed by atoms with Gasteiger partial charge in [0.15, 0.2) is 0 Å². The van der Waals surface area contributed by atoms with Gasteiger partial charge in [0.1, 0.15) is 0 Å². The normalized spacial score (nSPS) is 14.1. The highest BCUT2D eigenvalue weighted by molar-refractivity contribution is 9.10. The van der Waals surface area contributed by atoms with Crippen LogP contribution in [-0.2, 0) is 0 Å². The molecule has 0 spiro atoms. The summed E-state index contributed by atoms with van der Waals surface area (Å²) in [7, 11) is 0. The van der Waals surface area contributed by atoms with Gasteiger partial charge in [-0.15, -0.1) is 0 Å². The van der Waals surface area contributed by atoms with Gasteiger partial charge in [0.05, 0.1) is 6.10 Å². The van der Waals surface area contributed by atoms with Crippen LogP contribution in [0.4, 0.5) is 0 Å². The van der Waals surface area contributed by atoms with Crippen LogP contribution in [0.3, 0.4) is 0 Å². The van der Waals surface area contributed by atoms with Crippen molar-refractivity contribution in [1.82, 2.24) is 0 Å². The Kier molecular flexibility index (Phi) is 3.70. The van der Waals surface area contributed by atoms with Gasteiger partial charge in [-0.2, -0.15) is 0 Å². The van der Waals surface area contributed by atoms with E-state index in [0.717, 1.165) is 10.0 Å². The van der Waals surface area contributed by atoms with Gasteiger partial charge < -0.3 is 10.8 Å². The Morgan fingerprint density at radius 1 is 1.36 bits per heavy atom. The summed E-state index contributed by atoms with van der Waals surface area (Å²) < 4.78 is 1.01. The molecular weight excluding hydrogens is 242 g/mol. The van der Waals surface area contributed by atoms with Crippen molar-refractivity contribution in [2.45, 2.75) is 20.0 Å². The standard InChI is InChI=1S/C11H16BrNO/c1-11(2,7-13)10(14)8-3-5-9(12)6-4-8/h3-6,10,14H,7,13H2,1-2H3. The first kappa shape index (κ1) is 11.7. The van der Waals surface area contributed by atoms with E-state index in [4.69, 9.17) is 5.73 Å². The SMILES string of the molecule is CC(C)(CN)C(O)c1ccc(Br)cc1. The number of benzene rings is 1. The fourth-order valence-electron chi connectivity index (χ4n) is 1.21. The molecule has 0 bridgehead atoms. The van der Waals surface area contributed by atoms with E-state index in [2.05, 4.69) is 15.9 Å². The summed E-state index contributed by atoms with van der Waals surface area (Å²) in [5.41, 5.74) is 6.23. The van der Waals surface area contributed by atoms with E-state index in [9.17, 15) is 5.11 Å². The molecule has 0 fully saturated rings. The lowest BCUT2D eigenvalue weighted by Crippen LogP contribution is -2.30. The molecule has 0 aliphatic rings. The molecule has 0 aliphatic carbocycles. The third-order valence-electron chi connectivity index (χ3n) is 2.45. The maximum absolute atomic E-state index is 10.0. The predicted molar refractivity (Wildman–Crippen MR) is 61.9 cm³/mol. The summed E-state index contributed by atoms with van der Waals surface area (Å²) in [5, 5.41) is 10.0. The minimum Gasteiger partial charge on any atom is -0.388 e. The number of nitrogens with two attached hydrogens (primary N) is 1. The smallest absolute Gasteiger partial charge is 0.0853 e. The maximum Gasteiger partial charge on any atom is 0.0853 e. The number of hydrogen-bond acceptors (Lipinski definition) is 2. The molecule has 1 rings (SSSR count). The lowest BCUT2D eigenvalue weighted by atomic mass is 9.83. The second-order valence-corrected chi connectivity index (χ2v) is 5.06. The Morgan fingerprint density at radius 2 is 1.86 bits per heavy atom. The summed E-state index contributed by atoms with van der Waals surface area (Å²) in [5.74, 6) is 0. The first-order valence-electron chi connectivity index (χ1n) is 4.61. The van der Waals surface area contributed by atoms with E-state index in [1.54, 1.807) is 0 Å². The molecule has 0 saturated carbocycles. The molecule has 14 heavy (non-hydrogen) atoms. The van der Waals surface area contributed by atoms with Crippen LogP contribution in [0.1, 0.15) is 25.5 Å². The third-order valence-corrected chi connectivity index (χ3v) is 2.98. The van der Waals surface area contributed by atoms with E-state index in [1.807, 2.05) is 38.1 Å². The van der Waals surface area contributed by atoms with E-state index < -0.39 is 6.10 Å². The van der Waals surface area contributed by atoms with Gasteiger partial charge >= 0.3 is 0 Å². The molecule has 0 amide bonds. The third kappa shape index (κ3) is 2.56. The van der Waals surface area contributed by atoms with Crippen molar-refractivity contribution in [2.24, 2.45) is 11.1 Å². The Hall–Kier alpha value is -0.380. The molecule has 78 valence electrons. The van der Waals surface area contributed by atoms with Gasteiger partial charge in [0, 0.05) is 16.4 Å². The molecule has 0 saturated heterocycles. The van der Waals surface area contributed by atoms with Crippen LogP contribution in [0, 0.1) is 5.41 Å². The Morgan fingerprint density at radius 3 is 2.29 bits per heavy atom. The van der Waals surface area contributed by atoms with Gasteiger partial charge in [0.2, 0.25) is 0 Å². The van der Waals surface area contributed by atoms with Gasteiger partial charge in [-0.1, -0.05) is 41.9 Å². The van der Waals surface area contributed by atoms with Gasteiger partial charge in [-0.25, -0.2) is 0 Å². The first-order chi connectivity index (χ1) is 6.47. The molecule has 0 radical (unpaired) electrons. The lowest BCUT2D eigenvalue weighted by molar-refractivity contribution is 0.0555. The average Bonchev–Trinajstić information content (AvgIpc) is 2.18. The monoisotopic (exact) mass is 257 g/mol. The summed E-state index contributed by atoms with van der Waals surface area (Å²) in [6.07, 6.45) is -0.513. The minimum absolute atomic E-state index is 0.284. The summed E-state index contributed by atoms with van der Waals surface area (Å²) in [6.45, 7) is 4.38. The fraction of sp³-hybridized carbons (Fsp3) is 0.455. The van der Waals surface area contributed by atoms with Crippen LogP contribution < -0.4 is 5.73 Å². The van der Waals surface area contributed by atoms with Crippen LogP contribution in [0.25, 0.3) is 0 Å². The average molecular weight is 258 g/mol. The molecule has 2 nitrogen and oxygen atoms in total. The number of aliphatic hydroxyl groups excluding tert-OH is 1. The molecular formula is C11H16BrNO. The van der Waals surface area contributed by atoms with E-state index >= 15 is 0 Å². The maximum atomic E-state index is 10.0. The first-order valence-corrected chi connectivity index (χ1v) is 5.40. The van der Waals surface area contributed by atoms with Crippen LogP contribution in [0.2, 0.25) is 0 Å². The van der Waals surface area contributed by atoms with E-state index in [1.165, 1.54) is 0 Å². The highest BCUT2D eigenvalue weighted by Crippen LogP contribution is 2.32. The second kappa shape index (κ2) is 4.43. The molecule has 0 aliphatic heterocycles. The number of aliphatic hydroxyl groups is 1. The highest BCUT2D eigenvalue weighted by Gasteiger charge is 2.27. The zero-order valence-corrected chi connectivity index (χ0v) is 10.1. The Balaban J connectivity index is 2.89. The zero-order chi connectivity index (χ0) is 10.8. The van der Waals surface area contributed by atoms with Gasteiger partial charge in [-0.05, 0) is 17.7 Å². The molecule has 0 heterocycles.